The summed E-state index contributed by atoms with van der Waals surface area (Å²) in [5.41, 5.74) is -0.127. The summed E-state index contributed by atoms with van der Waals surface area (Å²) >= 11 is 0. The molecule has 2 saturated heterocycles. The van der Waals surface area contributed by atoms with E-state index in [2.05, 4.69) is 20.8 Å². The Bertz CT molecular complexity index is 699. The average molecular weight is 284 g/mol. The first-order valence-corrected chi connectivity index (χ1v) is 7.79. The van der Waals surface area contributed by atoms with Crippen LogP contribution in [-0.4, -0.2) is 28.3 Å². The van der Waals surface area contributed by atoms with Gasteiger partial charge in [-0.3, -0.25) is 4.79 Å². The zero-order valence-electron chi connectivity index (χ0n) is 11.9. The molecule has 1 aromatic carbocycles. The fourth-order valence-corrected chi connectivity index (χ4v) is 3.80. The number of fused-ring (bicyclic) bond motifs is 3. The monoisotopic (exact) mass is 284 g/mol. The Morgan fingerprint density at radius 1 is 1.10 bits per heavy atom. The molecule has 4 rings (SSSR count). The molecule has 2 aliphatic rings. The Hall–Kier alpha value is -1.88. The third kappa shape index (κ3) is 2.42. The topological polar surface area (TPSA) is 69.8 Å². The van der Waals surface area contributed by atoms with Crippen LogP contribution in [0.15, 0.2) is 29.1 Å². The van der Waals surface area contributed by atoms with Gasteiger partial charge in [-0.25, -0.2) is 5.10 Å². The van der Waals surface area contributed by atoms with Crippen molar-refractivity contribution < 1.29 is 0 Å². The molecule has 3 heterocycles. The summed E-state index contributed by atoms with van der Waals surface area (Å²) in [6.07, 6.45) is 6.15. The van der Waals surface area contributed by atoms with E-state index in [4.69, 9.17) is 0 Å². The minimum atomic E-state index is -0.127. The lowest BCUT2D eigenvalue weighted by Gasteiger charge is -2.40. The van der Waals surface area contributed by atoms with Gasteiger partial charge in [0.25, 0.3) is 5.56 Å². The van der Waals surface area contributed by atoms with Crippen molar-refractivity contribution in [1.82, 2.24) is 15.5 Å². The van der Waals surface area contributed by atoms with Gasteiger partial charge in [-0.2, -0.15) is 5.10 Å². The van der Waals surface area contributed by atoms with E-state index in [0.717, 1.165) is 24.0 Å². The van der Waals surface area contributed by atoms with E-state index in [1.54, 1.807) is 0 Å². The maximum atomic E-state index is 11.8. The Kier molecular flexibility index (Phi) is 3.15. The van der Waals surface area contributed by atoms with E-state index >= 15 is 0 Å². The molecule has 3 atom stereocenters. The van der Waals surface area contributed by atoms with Crippen molar-refractivity contribution >= 4 is 16.6 Å². The van der Waals surface area contributed by atoms with Gasteiger partial charge in [-0.15, -0.1) is 0 Å². The van der Waals surface area contributed by atoms with Crippen molar-refractivity contribution in [3.8, 4) is 0 Å². The molecule has 110 valence electrons. The molecular weight excluding hydrogens is 264 g/mol. The fourth-order valence-electron chi connectivity index (χ4n) is 3.80. The van der Waals surface area contributed by atoms with Gasteiger partial charge in [0.1, 0.15) is 0 Å². The van der Waals surface area contributed by atoms with E-state index in [1.807, 2.05) is 24.3 Å². The van der Waals surface area contributed by atoms with Gasteiger partial charge in [0.2, 0.25) is 0 Å². The SMILES string of the molecule is O=c1[nH]nc(NC2C[C@H]3CCC[C@@H](C2)N3)c2ccccc12. The van der Waals surface area contributed by atoms with Gasteiger partial charge in [-0.1, -0.05) is 24.6 Å². The zero-order chi connectivity index (χ0) is 14.2. The highest BCUT2D eigenvalue weighted by molar-refractivity contribution is 5.90. The lowest BCUT2D eigenvalue weighted by atomic mass is 9.84. The maximum absolute atomic E-state index is 11.8. The molecule has 0 spiro atoms. The molecule has 2 aromatic rings. The first-order valence-electron chi connectivity index (χ1n) is 7.79. The standard InChI is InChI=1S/C16H20N4O/c21-16-14-7-2-1-6-13(14)15(19-20-16)18-12-8-10-4-3-5-11(9-12)17-10/h1-2,6-7,10-12,17H,3-5,8-9H2,(H,18,19)(H,20,21)/t10-,11+,12?. The Balaban J connectivity index is 1.63. The van der Waals surface area contributed by atoms with Crippen LogP contribution in [0.3, 0.4) is 0 Å². The molecule has 0 saturated carbocycles. The molecule has 5 nitrogen and oxygen atoms in total. The molecule has 1 aromatic heterocycles. The summed E-state index contributed by atoms with van der Waals surface area (Å²) in [6.45, 7) is 0. The third-order valence-electron chi connectivity index (χ3n) is 4.75. The van der Waals surface area contributed by atoms with Gasteiger partial charge < -0.3 is 10.6 Å². The highest BCUT2D eigenvalue weighted by atomic mass is 16.1. The van der Waals surface area contributed by atoms with Crippen molar-refractivity contribution in [2.75, 3.05) is 5.32 Å². The van der Waals surface area contributed by atoms with Crippen molar-refractivity contribution in [1.29, 1.82) is 0 Å². The number of rotatable bonds is 2. The van der Waals surface area contributed by atoms with Gasteiger partial charge in [0, 0.05) is 23.5 Å². The minimum Gasteiger partial charge on any atom is -0.365 e. The number of benzene rings is 1. The Morgan fingerprint density at radius 3 is 2.57 bits per heavy atom. The van der Waals surface area contributed by atoms with Crippen molar-refractivity contribution in [2.24, 2.45) is 0 Å². The first-order chi connectivity index (χ1) is 10.3. The number of piperidine rings is 2. The molecule has 5 heteroatoms. The fraction of sp³-hybridized carbons (Fsp3) is 0.500. The molecule has 21 heavy (non-hydrogen) atoms. The molecule has 0 aliphatic carbocycles. The number of H-pyrrole nitrogens is 1. The number of nitrogens with zero attached hydrogens (tertiary/aromatic N) is 1. The summed E-state index contributed by atoms with van der Waals surface area (Å²) in [6, 6.07) is 9.33. The van der Waals surface area contributed by atoms with Crippen LogP contribution in [0.25, 0.3) is 10.8 Å². The van der Waals surface area contributed by atoms with Gasteiger partial charge in [0.15, 0.2) is 5.82 Å². The predicted octanol–water partition coefficient (Wildman–Crippen LogP) is 2.01. The maximum Gasteiger partial charge on any atom is 0.272 e. The second-order valence-corrected chi connectivity index (χ2v) is 6.25. The van der Waals surface area contributed by atoms with Gasteiger partial charge in [0.05, 0.1) is 5.39 Å². The van der Waals surface area contributed by atoms with Crippen LogP contribution in [-0.2, 0) is 0 Å². The smallest absolute Gasteiger partial charge is 0.272 e. The van der Waals surface area contributed by atoms with E-state index < -0.39 is 0 Å². The zero-order valence-corrected chi connectivity index (χ0v) is 11.9. The number of hydrogen-bond acceptors (Lipinski definition) is 4. The van der Waals surface area contributed by atoms with Crippen molar-refractivity contribution in [3.63, 3.8) is 0 Å². The average Bonchev–Trinajstić information content (AvgIpc) is 2.50. The molecule has 3 N–H and O–H groups in total. The summed E-state index contributed by atoms with van der Waals surface area (Å²) in [7, 11) is 0. The van der Waals surface area contributed by atoms with Crippen LogP contribution >= 0.6 is 0 Å². The second kappa shape index (κ2) is 5.15. The second-order valence-electron chi connectivity index (χ2n) is 6.25. The molecule has 0 amide bonds. The largest absolute Gasteiger partial charge is 0.365 e. The highest BCUT2D eigenvalue weighted by Crippen LogP contribution is 2.28. The van der Waals surface area contributed by atoms with E-state index in [-0.39, 0.29) is 5.56 Å². The predicted molar refractivity (Wildman–Crippen MR) is 83.6 cm³/mol. The third-order valence-corrected chi connectivity index (χ3v) is 4.75. The van der Waals surface area contributed by atoms with Crippen molar-refractivity contribution in [3.05, 3.63) is 34.6 Å². The lowest BCUT2D eigenvalue weighted by Crippen LogP contribution is -2.52. The van der Waals surface area contributed by atoms with Gasteiger partial charge in [-0.05, 0) is 31.7 Å². The summed E-state index contributed by atoms with van der Waals surface area (Å²) in [4.78, 5) is 11.8. The van der Waals surface area contributed by atoms with Crippen LogP contribution < -0.4 is 16.2 Å². The number of aromatic nitrogens is 2. The minimum absolute atomic E-state index is 0.127. The number of hydrogen-bond donors (Lipinski definition) is 3. The quantitative estimate of drug-likeness (QED) is 0.789. The highest BCUT2D eigenvalue weighted by Gasteiger charge is 2.31. The van der Waals surface area contributed by atoms with E-state index in [1.165, 1.54) is 19.3 Å². The number of nitrogens with one attached hydrogen (secondary N) is 3. The van der Waals surface area contributed by atoms with E-state index in [9.17, 15) is 4.79 Å². The number of anilines is 1. The van der Waals surface area contributed by atoms with Gasteiger partial charge >= 0.3 is 0 Å². The number of aromatic amines is 1. The first kappa shape index (κ1) is 12.8. The molecule has 0 radical (unpaired) electrons. The Morgan fingerprint density at radius 2 is 1.81 bits per heavy atom. The van der Waals surface area contributed by atoms with Crippen LogP contribution in [0, 0.1) is 0 Å². The Labute approximate surface area is 123 Å². The van der Waals surface area contributed by atoms with Crippen molar-refractivity contribution in [2.45, 2.75) is 50.2 Å². The van der Waals surface area contributed by atoms with Crippen LogP contribution in [0.2, 0.25) is 0 Å². The van der Waals surface area contributed by atoms with Crippen LogP contribution in [0.1, 0.15) is 32.1 Å². The van der Waals surface area contributed by atoms with E-state index in [0.29, 0.717) is 23.5 Å². The summed E-state index contributed by atoms with van der Waals surface area (Å²) in [5, 5.41) is 15.7. The van der Waals surface area contributed by atoms with Crippen LogP contribution in [0.5, 0.6) is 0 Å². The summed E-state index contributed by atoms with van der Waals surface area (Å²) < 4.78 is 0. The molecular formula is C16H20N4O. The van der Waals surface area contributed by atoms with Crippen LogP contribution in [0.4, 0.5) is 5.82 Å². The summed E-state index contributed by atoms with van der Waals surface area (Å²) in [5.74, 6) is 0.801. The molecule has 2 fully saturated rings. The molecule has 1 unspecified atom stereocenters. The molecule has 2 bridgehead atoms. The normalized spacial score (nSPS) is 28.5. The lowest BCUT2D eigenvalue weighted by molar-refractivity contribution is 0.230. The molecule has 2 aliphatic heterocycles.